The number of nitrogens with zero attached hydrogens (tertiary/aromatic N) is 1. The molecule has 0 saturated carbocycles. The number of rotatable bonds is 10. The summed E-state index contributed by atoms with van der Waals surface area (Å²) in [5.41, 5.74) is 3.46. The number of hydrazone groups is 1. The van der Waals surface area contributed by atoms with E-state index in [9.17, 15) is 9.59 Å². The molecular formula is C21H23ClN2O6. The number of carbonyl (C=O) groups is 2. The lowest BCUT2D eigenvalue weighted by Gasteiger charge is -2.13. The average Bonchev–Trinajstić information content (AvgIpc) is 2.74. The van der Waals surface area contributed by atoms with Crippen LogP contribution in [-0.2, 0) is 9.53 Å². The number of ether oxygens (including phenoxy) is 4. The van der Waals surface area contributed by atoms with Crippen molar-refractivity contribution in [2.45, 2.75) is 13.8 Å². The predicted octanol–water partition coefficient (Wildman–Crippen LogP) is 3.45. The Bertz CT molecular complexity index is 899. The highest BCUT2D eigenvalue weighted by molar-refractivity contribution is 6.32. The Balaban J connectivity index is 2.08. The van der Waals surface area contributed by atoms with Gasteiger partial charge in [0.05, 0.1) is 31.6 Å². The van der Waals surface area contributed by atoms with Crippen molar-refractivity contribution < 1.29 is 28.5 Å². The Labute approximate surface area is 179 Å². The van der Waals surface area contributed by atoms with Gasteiger partial charge in [0.15, 0.2) is 18.1 Å². The molecule has 0 spiro atoms. The second-order valence-electron chi connectivity index (χ2n) is 5.78. The molecule has 0 bridgehead atoms. The lowest BCUT2D eigenvalue weighted by Crippen LogP contribution is -2.17. The zero-order valence-corrected chi connectivity index (χ0v) is 17.7. The van der Waals surface area contributed by atoms with Crippen LogP contribution in [0.3, 0.4) is 0 Å². The molecule has 0 radical (unpaired) electrons. The Hall–Kier alpha value is -3.26. The SMILES string of the molecule is CCOc1ccc(C(=O)N/N=C/c2cc(Cl)c(OCC(=O)OC)c(OCC)c2)cc1. The predicted molar refractivity (Wildman–Crippen MR) is 113 cm³/mol. The summed E-state index contributed by atoms with van der Waals surface area (Å²) in [6.45, 7) is 4.29. The monoisotopic (exact) mass is 434 g/mol. The zero-order valence-electron chi connectivity index (χ0n) is 16.9. The molecule has 0 atom stereocenters. The lowest BCUT2D eigenvalue weighted by molar-refractivity contribution is -0.142. The van der Waals surface area contributed by atoms with Gasteiger partial charge in [-0.1, -0.05) is 11.6 Å². The second kappa shape index (κ2) is 11.7. The van der Waals surface area contributed by atoms with Crippen LogP contribution >= 0.6 is 11.6 Å². The zero-order chi connectivity index (χ0) is 21.9. The van der Waals surface area contributed by atoms with E-state index in [4.69, 9.17) is 25.8 Å². The van der Waals surface area contributed by atoms with E-state index < -0.39 is 5.97 Å². The third kappa shape index (κ3) is 6.66. The fourth-order valence-corrected chi connectivity index (χ4v) is 2.63. The lowest BCUT2D eigenvalue weighted by atomic mass is 10.2. The van der Waals surface area contributed by atoms with Crippen molar-refractivity contribution >= 4 is 29.7 Å². The highest BCUT2D eigenvalue weighted by Crippen LogP contribution is 2.36. The maximum atomic E-state index is 12.2. The fourth-order valence-electron chi connectivity index (χ4n) is 2.35. The van der Waals surface area contributed by atoms with Gasteiger partial charge in [-0.3, -0.25) is 4.79 Å². The molecule has 0 aliphatic carbocycles. The van der Waals surface area contributed by atoms with E-state index in [2.05, 4.69) is 15.3 Å². The molecule has 30 heavy (non-hydrogen) atoms. The Kier molecular flexibility index (Phi) is 8.96. The quantitative estimate of drug-likeness (QED) is 0.349. The Morgan fingerprint density at radius 3 is 2.40 bits per heavy atom. The van der Waals surface area contributed by atoms with Gasteiger partial charge in [0.1, 0.15) is 5.75 Å². The number of methoxy groups -OCH3 is 1. The van der Waals surface area contributed by atoms with Gasteiger partial charge in [0.25, 0.3) is 5.91 Å². The molecule has 0 heterocycles. The normalized spacial score (nSPS) is 10.5. The van der Waals surface area contributed by atoms with E-state index in [0.717, 1.165) is 0 Å². The van der Waals surface area contributed by atoms with E-state index in [0.29, 0.717) is 35.8 Å². The van der Waals surface area contributed by atoms with Crippen molar-refractivity contribution in [3.05, 3.63) is 52.5 Å². The molecule has 0 saturated heterocycles. The summed E-state index contributed by atoms with van der Waals surface area (Å²) in [6, 6.07) is 9.92. The van der Waals surface area contributed by atoms with Crippen molar-refractivity contribution in [1.29, 1.82) is 0 Å². The van der Waals surface area contributed by atoms with Gasteiger partial charge in [0.2, 0.25) is 0 Å². The summed E-state index contributed by atoms with van der Waals surface area (Å²) >= 11 is 6.26. The van der Waals surface area contributed by atoms with E-state index in [1.54, 1.807) is 43.3 Å². The highest BCUT2D eigenvalue weighted by Gasteiger charge is 2.14. The van der Waals surface area contributed by atoms with Crippen LogP contribution in [0.4, 0.5) is 0 Å². The third-order valence-corrected chi connectivity index (χ3v) is 3.98. The average molecular weight is 435 g/mol. The van der Waals surface area contributed by atoms with Crippen molar-refractivity contribution in [3.8, 4) is 17.2 Å². The summed E-state index contributed by atoms with van der Waals surface area (Å²) in [5, 5.41) is 4.18. The molecular weight excluding hydrogens is 412 g/mol. The number of nitrogens with one attached hydrogen (secondary N) is 1. The number of hydrogen-bond donors (Lipinski definition) is 1. The summed E-state index contributed by atoms with van der Waals surface area (Å²) in [6.07, 6.45) is 1.42. The number of carbonyl (C=O) groups excluding carboxylic acids is 2. The first-order valence-corrected chi connectivity index (χ1v) is 9.58. The number of amides is 1. The molecule has 1 amide bonds. The summed E-state index contributed by atoms with van der Waals surface area (Å²) in [5.74, 6) is 0.331. The number of hydrogen-bond acceptors (Lipinski definition) is 7. The topological polar surface area (TPSA) is 95.5 Å². The standard InChI is InChI=1S/C21H23ClN2O6/c1-4-28-16-8-6-15(7-9-16)21(26)24-23-12-14-10-17(22)20(18(11-14)29-5-2)30-13-19(25)27-3/h6-12H,4-5,13H2,1-3H3,(H,24,26)/b23-12+. The smallest absolute Gasteiger partial charge is 0.343 e. The first-order chi connectivity index (χ1) is 14.5. The fraction of sp³-hybridized carbons (Fsp3) is 0.286. The first kappa shape index (κ1) is 23.0. The molecule has 0 fully saturated rings. The molecule has 1 N–H and O–H groups in total. The van der Waals surface area contributed by atoms with Crippen LogP contribution < -0.4 is 19.6 Å². The van der Waals surface area contributed by atoms with Crippen LogP contribution in [0.5, 0.6) is 17.2 Å². The van der Waals surface area contributed by atoms with Gasteiger partial charge < -0.3 is 18.9 Å². The van der Waals surface area contributed by atoms with Crippen LogP contribution in [0.25, 0.3) is 0 Å². The van der Waals surface area contributed by atoms with E-state index in [1.165, 1.54) is 13.3 Å². The molecule has 2 aromatic rings. The van der Waals surface area contributed by atoms with E-state index in [-0.39, 0.29) is 23.3 Å². The van der Waals surface area contributed by atoms with Gasteiger partial charge in [-0.15, -0.1) is 0 Å². The minimum atomic E-state index is -0.545. The molecule has 0 unspecified atom stereocenters. The Morgan fingerprint density at radius 2 is 1.77 bits per heavy atom. The number of esters is 1. The minimum absolute atomic E-state index is 0.222. The van der Waals surface area contributed by atoms with E-state index >= 15 is 0 Å². The largest absolute Gasteiger partial charge is 0.494 e. The van der Waals surface area contributed by atoms with Crippen molar-refractivity contribution in [2.24, 2.45) is 5.10 Å². The van der Waals surface area contributed by atoms with Crippen molar-refractivity contribution in [1.82, 2.24) is 5.43 Å². The third-order valence-electron chi connectivity index (χ3n) is 3.70. The molecule has 0 aliphatic heterocycles. The van der Waals surface area contributed by atoms with Crippen molar-refractivity contribution in [3.63, 3.8) is 0 Å². The summed E-state index contributed by atoms with van der Waals surface area (Å²) in [7, 11) is 1.26. The molecule has 9 heteroatoms. The van der Waals surface area contributed by atoms with Crippen LogP contribution in [0.1, 0.15) is 29.8 Å². The maximum Gasteiger partial charge on any atom is 0.343 e. The van der Waals surface area contributed by atoms with Gasteiger partial charge in [-0.2, -0.15) is 5.10 Å². The molecule has 160 valence electrons. The second-order valence-corrected chi connectivity index (χ2v) is 6.19. The van der Waals surface area contributed by atoms with Crippen LogP contribution in [-0.4, -0.2) is 45.0 Å². The Morgan fingerprint density at radius 1 is 1.07 bits per heavy atom. The first-order valence-electron chi connectivity index (χ1n) is 9.20. The van der Waals surface area contributed by atoms with Gasteiger partial charge in [-0.25, -0.2) is 10.2 Å². The molecule has 0 aromatic heterocycles. The van der Waals surface area contributed by atoms with Crippen molar-refractivity contribution in [2.75, 3.05) is 26.9 Å². The number of halogens is 1. The van der Waals surface area contributed by atoms with Crippen LogP contribution in [0.2, 0.25) is 5.02 Å². The number of benzene rings is 2. The molecule has 8 nitrogen and oxygen atoms in total. The molecule has 2 aromatic carbocycles. The molecule has 2 rings (SSSR count). The van der Waals surface area contributed by atoms with Crippen LogP contribution in [0, 0.1) is 0 Å². The highest BCUT2D eigenvalue weighted by atomic mass is 35.5. The van der Waals surface area contributed by atoms with Gasteiger partial charge >= 0.3 is 5.97 Å². The summed E-state index contributed by atoms with van der Waals surface area (Å²) < 4.78 is 20.8. The van der Waals surface area contributed by atoms with E-state index in [1.807, 2.05) is 6.92 Å². The molecule has 0 aliphatic rings. The maximum absolute atomic E-state index is 12.2. The summed E-state index contributed by atoms with van der Waals surface area (Å²) in [4.78, 5) is 23.5. The van der Waals surface area contributed by atoms with Crippen LogP contribution in [0.15, 0.2) is 41.5 Å². The minimum Gasteiger partial charge on any atom is -0.494 e. The van der Waals surface area contributed by atoms with Gasteiger partial charge in [-0.05, 0) is 55.8 Å². The van der Waals surface area contributed by atoms with Gasteiger partial charge in [0, 0.05) is 5.56 Å².